The van der Waals surface area contributed by atoms with Gasteiger partial charge in [-0.1, -0.05) is 72.8 Å². The molecule has 3 aromatic rings. The van der Waals surface area contributed by atoms with E-state index in [2.05, 4.69) is 29.6 Å². The minimum Gasteiger partial charge on any atom is -0.480 e. The van der Waals surface area contributed by atoms with E-state index in [9.17, 15) is 14.7 Å². The van der Waals surface area contributed by atoms with E-state index in [1.807, 2.05) is 48.5 Å². The minimum atomic E-state index is -0.971. The van der Waals surface area contributed by atoms with Gasteiger partial charge in [-0.3, -0.25) is 10.1 Å². The van der Waals surface area contributed by atoms with Crippen LogP contribution < -0.4 is 5.32 Å². The summed E-state index contributed by atoms with van der Waals surface area (Å²) in [7, 11) is 0. The molecule has 5 rings (SSSR count). The van der Waals surface area contributed by atoms with Crippen LogP contribution in [0.1, 0.15) is 34.2 Å². The zero-order chi connectivity index (χ0) is 20.7. The smallest absolute Gasteiger partial charge is 0.327 e. The molecular formula is C25H21NO4. The van der Waals surface area contributed by atoms with E-state index in [1.54, 1.807) is 0 Å². The largest absolute Gasteiger partial charge is 0.480 e. The third-order valence-electron chi connectivity index (χ3n) is 6.05. The first-order chi connectivity index (χ1) is 14.6. The molecule has 0 fully saturated rings. The number of aliphatic carboxylic acids is 1. The number of nitrogens with one attached hydrogen (secondary N) is 1. The van der Waals surface area contributed by atoms with Crippen molar-refractivity contribution in [1.82, 2.24) is 5.32 Å². The Balaban J connectivity index is 1.40. The van der Waals surface area contributed by atoms with Gasteiger partial charge >= 0.3 is 11.9 Å². The van der Waals surface area contributed by atoms with Crippen molar-refractivity contribution in [3.05, 3.63) is 95.1 Å². The maximum atomic E-state index is 13.0. The first kappa shape index (κ1) is 18.6. The summed E-state index contributed by atoms with van der Waals surface area (Å²) in [5, 5.41) is 12.4. The van der Waals surface area contributed by atoms with Crippen molar-refractivity contribution < 1.29 is 19.4 Å². The Hall–Kier alpha value is -3.44. The number of ether oxygens (including phenoxy) is 1. The van der Waals surface area contributed by atoms with Crippen LogP contribution in [0.5, 0.6) is 0 Å². The number of benzene rings is 3. The standard InChI is InChI=1S/C25H21NO4/c27-24(28)22-13-15-7-1-2-8-16(15)23(26-22)25(29)30-14-21-19-11-5-3-9-17(19)18-10-4-6-12-20(18)21/h1-12,21-23,26H,13-14H2,(H,27,28)/t22-,23?/m0/s1. The summed E-state index contributed by atoms with van der Waals surface area (Å²) in [4.78, 5) is 24.6. The molecule has 2 atom stereocenters. The lowest BCUT2D eigenvalue weighted by molar-refractivity contribution is -0.148. The Kier molecular flexibility index (Phi) is 4.60. The second-order valence-electron chi connectivity index (χ2n) is 7.75. The Labute approximate surface area is 174 Å². The van der Waals surface area contributed by atoms with Crippen LogP contribution in [-0.4, -0.2) is 29.7 Å². The van der Waals surface area contributed by atoms with Crippen molar-refractivity contribution in [3.63, 3.8) is 0 Å². The number of esters is 1. The summed E-state index contributed by atoms with van der Waals surface area (Å²) in [5.41, 5.74) is 6.27. The molecule has 0 amide bonds. The van der Waals surface area contributed by atoms with Crippen LogP contribution in [0.4, 0.5) is 0 Å². The number of fused-ring (bicyclic) bond motifs is 4. The molecule has 1 unspecified atom stereocenters. The number of hydrogen-bond acceptors (Lipinski definition) is 4. The molecule has 1 aliphatic carbocycles. The third kappa shape index (κ3) is 3.08. The maximum absolute atomic E-state index is 13.0. The Morgan fingerprint density at radius 3 is 2.07 bits per heavy atom. The summed E-state index contributed by atoms with van der Waals surface area (Å²) in [6, 6.07) is 22.2. The van der Waals surface area contributed by atoms with Crippen LogP contribution in [0.25, 0.3) is 11.1 Å². The van der Waals surface area contributed by atoms with Gasteiger partial charge in [-0.25, -0.2) is 4.79 Å². The molecule has 0 aromatic heterocycles. The lowest BCUT2D eigenvalue weighted by Crippen LogP contribution is -2.47. The van der Waals surface area contributed by atoms with Gasteiger partial charge in [0.2, 0.25) is 0 Å². The average Bonchev–Trinajstić information content (AvgIpc) is 3.10. The predicted molar refractivity (Wildman–Crippen MR) is 112 cm³/mol. The van der Waals surface area contributed by atoms with E-state index in [1.165, 1.54) is 11.1 Å². The Morgan fingerprint density at radius 2 is 1.43 bits per heavy atom. The molecule has 0 saturated carbocycles. The van der Waals surface area contributed by atoms with E-state index < -0.39 is 24.0 Å². The summed E-state index contributed by atoms with van der Waals surface area (Å²) >= 11 is 0. The second kappa shape index (κ2) is 7.43. The van der Waals surface area contributed by atoms with E-state index >= 15 is 0 Å². The van der Waals surface area contributed by atoms with Gasteiger partial charge in [0.1, 0.15) is 18.7 Å². The topological polar surface area (TPSA) is 75.6 Å². The van der Waals surface area contributed by atoms with E-state index in [0.717, 1.165) is 22.3 Å². The molecule has 30 heavy (non-hydrogen) atoms. The van der Waals surface area contributed by atoms with Gasteiger partial charge in [0, 0.05) is 5.92 Å². The maximum Gasteiger partial charge on any atom is 0.327 e. The molecule has 3 aromatic carbocycles. The molecule has 1 heterocycles. The van der Waals surface area contributed by atoms with Gasteiger partial charge in [-0.15, -0.1) is 0 Å². The highest BCUT2D eigenvalue weighted by Gasteiger charge is 2.36. The summed E-state index contributed by atoms with van der Waals surface area (Å²) in [6.45, 7) is 0.213. The van der Waals surface area contributed by atoms with Gasteiger partial charge < -0.3 is 9.84 Å². The highest BCUT2D eigenvalue weighted by atomic mass is 16.5. The van der Waals surface area contributed by atoms with Crippen molar-refractivity contribution in [2.75, 3.05) is 6.61 Å². The molecule has 5 nitrogen and oxygen atoms in total. The van der Waals surface area contributed by atoms with Crippen LogP contribution in [0.2, 0.25) is 0 Å². The van der Waals surface area contributed by atoms with Crippen LogP contribution in [0.3, 0.4) is 0 Å². The lowest BCUT2D eigenvalue weighted by Gasteiger charge is -2.30. The van der Waals surface area contributed by atoms with Gasteiger partial charge in [0.25, 0.3) is 0 Å². The molecule has 150 valence electrons. The quantitative estimate of drug-likeness (QED) is 0.655. The zero-order valence-corrected chi connectivity index (χ0v) is 16.2. The fraction of sp³-hybridized carbons (Fsp3) is 0.200. The highest BCUT2D eigenvalue weighted by Crippen LogP contribution is 2.44. The van der Waals surface area contributed by atoms with E-state index in [0.29, 0.717) is 6.42 Å². The van der Waals surface area contributed by atoms with Crippen molar-refractivity contribution >= 4 is 11.9 Å². The minimum absolute atomic E-state index is 0.0320. The van der Waals surface area contributed by atoms with E-state index in [4.69, 9.17) is 4.74 Å². The number of rotatable bonds is 4. The average molecular weight is 399 g/mol. The summed E-state index contributed by atoms with van der Waals surface area (Å²) < 4.78 is 5.77. The Morgan fingerprint density at radius 1 is 0.867 bits per heavy atom. The van der Waals surface area contributed by atoms with Crippen LogP contribution in [-0.2, 0) is 20.7 Å². The number of carbonyl (C=O) groups excluding carboxylic acids is 1. The molecule has 5 heteroatoms. The first-order valence-corrected chi connectivity index (χ1v) is 10.0. The first-order valence-electron chi connectivity index (χ1n) is 10.0. The Bertz CT molecular complexity index is 1090. The molecule has 2 aliphatic rings. The molecule has 0 bridgehead atoms. The number of carboxylic acid groups (broad SMARTS) is 1. The normalized spacial score (nSPS) is 19.5. The molecule has 0 spiro atoms. The summed E-state index contributed by atoms with van der Waals surface area (Å²) in [5.74, 6) is -1.45. The SMILES string of the molecule is O=C(OCC1c2ccccc2-c2ccccc21)C1N[C@H](C(=O)O)Cc2ccccc21. The number of hydrogen-bond donors (Lipinski definition) is 2. The van der Waals surface area contributed by atoms with Gasteiger partial charge in [0.15, 0.2) is 0 Å². The molecular weight excluding hydrogens is 378 g/mol. The van der Waals surface area contributed by atoms with Crippen molar-refractivity contribution in [1.29, 1.82) is 0 Å². The highest BCUT2D eigenvalue weighted by molar-refractivity contribution is 5.83. The van der Waals surface area contributed by atoms with Gasteiger partial charge in [0.05, 0.1) is 0 Å². The molecule has 0 saturated heterocycles. The molecule has 0 radical (unpaired) electrons. The third-order valence-corrected chi connectivity index (χ3v) is 6.05. The zero-order valence-electron chi connectivity index (χ0n) is 16.2. The van der Waals surface area contributed by atoms with Crippen LogP contribution >= 0.6 is 0 Å². The second-order valence-corrected chi connectivity index (χ2v) is 7.75. The monoisotopic (exact) mass is 399 g/mol. The van der Waals surface area contributed by atoms with Crippen molar-refractivity contribution in [3.8, 4) is 11.1 Å². The predicted octanol–water partition coefficient (Wildman–Crippen LogP) is 3.68. The van der Waals surface area contributed by atoms with Crippen molar-refractivity contribution in [2.24, 2.45) is 0 Å². The van der Waals surface area contributed by atoms with Crippen LogP contribution in [0.15, 0.2) is 72.8 Å². The number of carbonyl (C=O) groups is 2. The van der Waals surface area contributed by atoms with Gasteiger partial charge in [-0.05, 0) is 39.8 Å². The lowest BCUT2D eigenvalue weighted by atomic mass is 9.90. The molecule has 2 N–H and O–H groups in total. The van der Waals surface area contributed by atoms with Crippen LogP contribution in [0, 0.1) is 0 Å². The van der Waals surface area contributed by atoms with E-state index in [-0.39, 0.29) is 12.5 Å². The fourth-order valence-electron chi connectivity index (χ4n) is 4.61. The molecule has 1 aliphatic heterocycles. The van der Waals surface area contributed by atoms with Crippen molar-refractivity contribution in [2.45, 2.75) is 24.4 Å². The summed E-state index contributed by atoms with van der Waals surface area (Å²) in [6.07, 6.45) is 0.346. The van der Waals surface area contributed by atoms with Gasteiger partial charge in [-0.2, -0.15) is 0 Å². The number of carboxylic acids is 1. The fourth-order valence-corrected chi connectivity index (χ4v) is 4.61.